The number of rotatable bonds is 5. The third-order valence-corrected chi connectivity index (χ3v) is 5.70. The van der Waals surface area contributed by atoms with Gasteiger partial charge in [0.2, 0.25) is 6.41 Å². The van der Waals surface area contributed by atoms with Crippen molar-refractivity contribution in [1.29, 1.82) is 0 Å². The van der Waals surface area contributed by atoms with Crippen molar-refractivity contribution in [2.45, 2.75) is 58.9 Å². The Morgan fingerprint density at radius 1 is 1.18 bits per heavy atom. The standard InChI is InChI=1S/C24H31FN2O/c1-15-9-10-18(20(11-15)27-14-28)22-19(13-26-21(22)12-24(3,4)5)17-8-6-7-16(2)23(17)25/h6-11,14,19,21-22,26H,12-13H2,1-5H3,(H,27,28)/t19-,21-,22+/m1/s1. The Bertz CT molecular complexity index is 856. The van der Waals surface area contributed by atoms with Crippen molar-refractivity contribution in [2.24, 2.45) is 5.41 Å². The summed E-state index contributed by atoms with van der Waals surface area (Å²) in [6, 6.07) is 12.0. The lowest BCUT2D eigenvalue weighted by molar-refractivity contribution is -0.105. The molecule has 1 aliphatic heterocycles. The SMILES string of the molecule is Cc1ccc([C@H]2[C@@H](c3cccc(C)c3F)CN[C@@H]2CC(C)(C)C)c(NC=O)c1. The molecule has 0 aromatic heterocycles. The topological polar surface area (TPSA) is 41.1 Å². The number of aryl methyl sites for hydroxylation is 2. The molecule has 1 saturated heterocycles. The van der Waals surface area contributed by atoms with Gasteiger partial charge < -0.3 is 10.6 Å². The summed E-state index contributed by atoms with van der Waals surface area (Å²) in [5, 5.41) is 6.53. The van der Waals surface area contributed by atoms with Gasteiger partial charge in [-0.05, 0) is 54.0 Å². The lowest BCUT2D eigenvalue weighted by Gasteiger charge is -2.31. The zero-order valence-corrected chi connectivity index (χ0v) is 17.5. The van der Waals surface area contributed by atoms with Crippen LogP contribution >= 0.6 is 0 Å². The van der Waals surface area contributed by atoms with Crippen molar-refractivity contribution in [2.75, 3.05) is 11.9 Å². The molecule has 1 fully saturated rings. The van der Waals surface area contributed by atoms with Gasteiger partial charge in [0, 0.05) is 30.1 Å². The van der Waals surface area contributed by atoms with E-state index in [1.54, 1.807) is 0 Å². The van der Waals surface area contributed by atoms with E-state index in [2.05, 4.69) is 43.5 Å². The molecule has 2 aromatic carbocycles. The predicted octanol–water partition coefficient (Wildman–Crippen LogP) is 5.29. The maximum atomic E-state index is 15.0. The lowest BCUT2D eigenvalue weighted by atomic mass is 9.75. The summed E-state index contributed by atoms with van der Waals surface area (Å²) in [5.41, 5.74) is 4.55. The molecule has 0 unspecified atom stereocenters. The van der Waals surface area contributed by atoms with Gasteiger partial charge in [-0.3, -0.25) is 4.79 Å². The number of carbonyl (C=O) groups is 1. The highest BCUT2D eigenvalue weighted by Crippen LogP contribution is 2.46. The van der Waals surface area contributed by atoms with Crippen LogP contribution < -0.4 is 10.6 Å². The molecule has 4 heteroatoms. The highest BCUT2D eigenvalue weighted by atomic mass is 19.1. The first-order valence-corrected chi connectivity index (χ1v) is 10.0. The van der Waals surface area contributed by atoms with E-state index in [0.29, 0.717) is 5.56 Å². The summed E-state index contributed by atoms with van der Waals surface area (Å²) in [7, 11) is 0. The summed E-state index contributed by atoms with van der Waals surface area (Å²) in [6.45, 7) is 11.2. The van der Waals surface area contributed by atoms with E-state index in [9.17, 15) is 4.79 Å². The highest BCUT2D eigenvalue weighted by molar-refractivity contribution is 5.74. The third-order valence-electron chi connectivity index (χ3n) is 5.70. The highest BCUT2D eigenvalue weighted by Gasteiger charge is 2.41. The molecule has 0 spiro atoms. The average Bonchev–Trinajstić information content (AvgIpc) is 2.99. The van der Waals surface area contributed by atoms with Crippen molar-refractivity contribution in [3.63, 3.8) is 0 Å². The largest absolute Gasteiger partial charge is 0.328 e. The number of carbonyl (C=O) groups excluding carboxylic acids is 1. The van der Waals surface area contributed by atoms with Crippen LogP contribution in [0.25, 0.3) is 0 Å². The molecule has 0 bridgehead atoms. The van der Waals surface area contributed by atoms with E-state index in [-0.39, 0.29) is 29.1 Å². The normalized spacial score (nSPS) is 22.3. The number of amides is 1. The molecule has 3 nitrogen and oxygen atoms in total. The van der Waals surface area contributed by atoms with Crippen LogP contribution in [0.4, 0.5) is 10.1 Å². The first-order chi connectivity index (χ1) is 13.2. The molecule has 1 amide bonds. The Labute approximate surface area is 167 Å². The molecule has 150 valence electrons. The Morgan fingerprint density at radius 3 is 2.61 bits per heavy atom. The van der Waals surface area contributed by atoms with Gasteiger partial charge in [0.1, 0.15) is 5.82 Å². The van der Waals surface area contributed by atoms with E-state index in [0.717, 1.165) is 41.8 Å². The second kappa shape index (κ2) is 8.04. The summed E-state index contributed by atoms with van der Waals surface area (Å²) >= 11 is 0. The maximum absolute atomic E-state index is 15.0. The fourth-order valence-corrected chi connectivity index (χ4v) is 4.51. The van der Waals surface area contributed by atoms with Crippen LogP contribution in [0.15, 0.2) is 36.4 Å². The van der Waals surface area contributed by atoms with Gasteiger partial charge in [0.15, 0.2) is 0 Å². The Morgan fingerprint density at radius 2 is 1.93 bits per heavy atom. The van der Waals surface area contributed by atoms with E-state index >= 15 is 4.39 Å². The molecule has 2 N–H and O–H groups in total. The van der Waals surface area contributed by atoms with Gasteiger partial charge in [-0.2, -0.15) is 0 Å². The van der Waals surface area contributed by atoms with Gasteiger partial charge in [0.25, 0.3) is 0 Å². The summed E-state index contributed by atoms with van der Waals surface area (Å²) < 4.78 is 15.0. The van der Waals surface area contributed by atoms with E-state index in [1.165, 1.54) is 0 Å². The molecule has 0 aliphatic carbocycles. The first kappa shape index (κ1) is 20.5. The minimum absolute atomic E-state index is 0.0159. The maximum Gasteiger partial charge on any atom is 0.211 e. The van der Waals surface area contributed by atoms with Crippen molar-refractivity contribution < 1.29 is 9.18 Å². The molecule has 1 aliphatic rings. The first-order valence-electron chi connectivity index (χ1n) is 10.0. The van der Waals surface area contributed by atoms with Crippen molar-refractivity contribution >= 4 is 12.1 Å². The molecule has 0 radical (unpaired) electrons. The van der Waals surface area contributed by atoms with Crippen LogP contribution in [-0.4, -0.2) is 19.0 Å². The van der Waals surface area contributed by atoms with Crippen LogP contribution in [0.2, 0.25) is 0 Å². The molecule has 28 heavy (non-hydrogen) atoms. The molecule has 3 rings (SSSR count). The third kappa shape index (κ3) is 4.27. The van der Waals surface area contributed by atoms with Crippen LogP contribution in [-0.2, 0) is 4.79 Å². The van der Waals surface area contributed by atoms with Crippen LogP contribution in [0, 0.1) is 25.1 Å². The monoisotopic (exact) mass is 382 g/mol. The minimum Gasteiger partial charge on any atom is -0.328 e. The zero-order valence-electron chi connectivity index (χ0n) is 17.5. The van der Waals surface area contributed by atoms with Gasteiger partial charge in [-0.1, -0.05) is 51.1 Å². The smallest absolute Gasteiger partial charge is 0.211 e. The Hall–Kier alpha value is -2.20. The molecular formula is C24H31FN2O. The van der Waals surface area contributed by atoms with Crippen LogP contribution in [0.1, 0.15) is 61.3 Å². The average molecular weight is 383 g/mol. The molecule has 1 heterocycles. The second-order valence-corrected chi connectivity index (χ2v) is 9.24. The number of halogens is 1. The Balaban J connectivity index is 2.11. The number of hydrogen-bond acceptors (Lipinski definition) is 2. The summed E-state index contributed by atoms with van der Waals surface area (Å²) in [5.74, 6) is -0.0200. The number of hydrogen-bond donors (Lipinski definition) is 2. The lowest BCUT2D eigenvalue weighted by Crippen LogP contribution is -2.31. The fraction of sp³-hybridized carbons (Fsp3) is 0.458. The molecular weight excluding hydrogens is 351 g/mol. The minimum atomic E-state index is -0.118. The number of anilines is 1. The second-order valence-electron chi connectivity index (χ2n) is 9.24. The number of nitrogens with one attached hydrogen (secondary N) is 2. The predicted molar refractivity (Wildman–Crippen MR) is 113 cm³/mol. The summed E-state index contributed by atoms with van der Waals surface area (Å²) in [4.78, 5) is 11.2. The van der Waals surface area contributed by atoms with E-state index in [4.69, 9.17) is 0 Å². The van der Waals surface area contributed by atoms with Crippen molar-refractivity contribution in [3.05, 3.63) is 64.5 Å². The van der Waals surface area contributed by atoms with Gasteiger partial charge >= 0.3 is 0 Å². The van der Waals surface area contributed by atoms with E-state index in [1.807, 2.05) is 38.1 Å². The summed E-state index contributed by atoms with van der Waals surface area (Å²) in [6.07, 6.45) is 1.69. The zero-order chi connectivity index (χ0) is 20.5. The molecule has 3 atom stereocenters. The quantitative estimate of drug-likeness (QED) is 0.690. The van der Waals surface area contributed by atoms with Crippen LogP contribution in [0.3, 0.4) is 0 Å². The van der Waals surface area contributed by atoms with Crippen molar-refractivity contribution in [3.8, 4) is 0 Å². The fourth-order valence-electron chi connectivity index (χ4n) is 4.51. The van der Waals surface area contributed by atoms with Crippen LogP contribution in [0.5, 0.6) is 0 Å². The van der Waals surface area contributed by atoms with E-state index < -0.39 is 0 Å². The molecule has 2 aromatic rings. The van der Waals surface area contributed by atoms with Gasteiger partial charge in [-0.25, -0.2) is 4.39 Å². The van der Waals surface area contributed by atoms with Gasteiger partial charge in [-0.15, -0.1) is 0 Å². The Kier molecular flexibility index (Phi) is 5.90. The van der Waals surface area contributed by atoms with Gasteiger partial charge in [0.05, 0.1) is 0 Å². The number of benzene rings is 2. The molecule has 0 saturated carbocycles. The van der Waals surface area contributed by atoms with Crippen molar-refractivity contribution in [1.82, 2.24) is 5.32 Å².